The average Bonchev–Trinajstić information content (AvgIpc) is 2.75. The number of rotatable bonds is 3. The van der Waals surface area contributed by atoms with Crippen molar-refractivity contribution in [1.82, 2.24) is 10.3 Å². The van der Waals surface area contributed by atoms with Crippen molar-refractivity contribution in [2.75, 3.05) is 12.8 Å². The first-order chi connectivity index (χ1) is 7.33. The van der Waals surface area contributed by atoms with E-state index in [-0.39, 0.29) is 11.9 Å². The van der Waals surface area contributed by atoms with Crippen LogP contribution in [0.15, 0.2) is 18.5 Å². The quantitative estimate of drug-likeness (QED) is 0.856. The molecule has 2 nitrogen and oxygen atoms in total. The van der Waals surface area contributed by atoms with E-state index >= 15 is 0 Å². The summed E-state index contributed by atoms with van der Waals surface area (Å²) in [5, 5.41) is 3.70. The second-order valence-electron chi connectivity index (χ2n) is 3.72. The highest BCUT2D eigenvalue weighted by atomic mass is 32.2. The standard InChI is InChI=1S/C11H15FN2S/c1-13-11(10-3-2-6-15-10)8-4-5-14-7-9(8)12/h4-5,7,10-11,13H,2-3,6H2,1H3. The van der Waals surface area contributed by atoms with Crippen molar-refractivity contribution in [3.63, 3.8) is 0 Å². The number of hydrogen-bond donors (Lipinski definition) is 1. The Morgan fingerprint density at radius 3 is 3.13 bits per heavy atom. The van der Waals surface area contributed by atoms with Crippen LogP contribution in [0, 0.1) is 5.82 Å². The first-order valence-corrected chi connectivity index (χ1v) is 6.26. The SMILES string of the molecule is CNC(c1ccncc1F)C1CCCS1. The van der Waals surface area contributed by atoms with E-state index in [0.717, 1.165) is 12.0 Å². The van der Waals surface area contributed by atoms with Gasteiger partial charge in [0.2, 0.25) is 0 Å². The maximum Gasteiger partial charge on any atom is 0.146 e. The first kappa shape index (κ1) is 10.9. The Kier molecular flexibility index (Phi) is 3.59. The summed E-state index contributed by atoms with van der Waals surface area (Å²) in [6.07, 6.45) is 5.35. The summed E-state index contributed by atoms with van der Waals surface area (Å²) in [6, 6.07) is 1.88. The molecule has 1 aliphatic rings. The summed E-state index contributed by atoms with van der Waals surface area (Å²) in [5.41, 5.74) is 0.743. The van der Waals surface area contributed by atoms with Gasteiger partial charge in [-0.25, -0.2) is 4.39 Å². The lowest BCUT2D eigenvalue weighted by atomic mass is 10.0. The summed E-state index contributed by atoms with van der Waals surface area (Å²) in [7, 11) is 1.89. The number of thioether (sulfide) groups is 1. The molecule has 2 atom stereocenters. The third kappa shape index (κ3) is 2.32. The molecule has 1 aromatic heterocycles. The van der Waals surface area contributed by atoms with Crippen LogP contribution in [0.3, 0.4) is 0 Å². The molecule has 2 unspecified atom stereocenters. The number of halogens is 1. The van der Waals surface area contributed by atoms with Crippen molar-refractivity contribution in [2.24, 2.45) is 0 Å². The Labute approximate surface area is 93.7 Å². The molecular weight excluding hydrogens is 211 g/mol. The van der Waals surface area contributed by atoms with Crippen LogP contribution in [0.25, 0.3) is 0 Å². The molecule has 0 saturated carbocycles. The highest BCUT2D eigenvalue weighted by Gasteiger charge is 2.27. The molecule has 82 valence electrons. The van der Waals surface area contributed by atoms with Crippen LogP contribution in [-0.2, 0) is 0 Å². The number of nitrogens with zero attached hydrogens (tertiary/aromatic N) is 1. The minimum atomic E-state index is -0.204. The van der Waals surface area contributed by atoms with Crippen LogP contribution in [0.5, 0.6) is 0 Å². The Morgan fingerprint density at radius 1 is 1.67 bits per heavy atom. The predicted molar refractivity (Wildman–Crippen MR) is 61.5 cm³/mol. The Hall–Kier alpha value is -0.610. The minimum absolute atomic E-state index is 0.112. The summed E-state index contributed by atoms with van der Waals surface area (Å²) < 4.78 is 13.6. The molecular formula is C11H15FN2S. The molecule has 0 spiro atoms. The van der Waals surface area contributed by atoms with E-state index in [2.05, 4.69) is 10.3 Å². The second-order valence-corrected chi connectivity index (χ2v) is 5.06. The molecule has 1 aromatic rings. The van der Waals surface area contributed by atoms with Gasteiger partial charge in [-0.3, -0.25) is 4.98 Å². The van der Waals surface area contributed by atoms with E-state index < -0.39 is 0 Å². The van der Waals surface area contributed by atoms with Crippen molar-refractivity contribution in [3.05, 3.63) is 29.8 Å². The monoisotopic (exact) mass is 226 g/mol. The summed E-state index contributed by atoms with van der Waals surface area (Å²) in [6.45, 7) is 0. The largest absolute Gasteiger partial charge is 0.312 e. The zero-order valence-corrected chi connectivity index (χ0v) is 9.56. The van der Waals surface area contributed by atoms with Gasteiger partial charge in [-0.1, -0.05) is 0 Å². The van der Waals surface area contributed by atoms with Crippen molar-refractivity contribution in [2.45, 2.75) is 24.1 Å². The van der Waals surface area contributed by atoms with Crippen molar-refractivity contribution in [1.29, 1.82) is 0 Å². The molecule has 4 heteroatoms. The normalized spacial score (nSPS) is 22.9. The van der Waals surface area contributed by atoms with Crippen LogP contribution < -0.4 is 5.32 Å². The van der Waals surface area contributed by atoms with Crippen molar-refractivity contribution in [3.8, 4) is 0 Å². The van der Waals surface area contributed by atoms with E-state index in [4.69, 9.17) is 0 Å². The van der Waals surface area contributed by atoms with Gasteiger partial charge >= 0.3 is 0 Å². The fraction of sp³-hybridized carbons (Fsp3) is 0.545. The Balaban J connectivity index is 2.22. The zero-order valence-electron chi connectivity index (χ0n) is 8.74. The lowest BCUT2D eigenvalue weighted by Gasteiger charge is -2.22. The van der Waals surface area contributed by atoms with Gasteiger partial charge in [-0.15, -0.1) is 0 Å². The van der Waals surface area contributed by atoms with E-state index in [0.29, 0.717) is 5.25 Å². The molecule has 2 rings (SSSR count). The van der Waals surface area contributed by atoms with Crippen LogP contribution in [0.1, 0.15) is 24.4 Å². The number of hydrogen-bond acceptors (Lipinski definition) is 3. The lowest BCUT2D eigenvalue weighted by Crippen LogP contribution is -2.26. The maximum atomic E-state index is 13.6. The average molecular weight is 226 g/mol. The van der Waals surface area contributed by atoms with Gasteiger partial charge in [0.25, 0.3) is 0 Å². The fourth-order valence-electron chi connectivity index (χ4n) is 2.05. The van der Waals surface area contributed by atoms with E-state index in [1.807, 2.05) is 18.8 Å². The molecule has 1 N–H and O–H groups in total. The molecule has 1 fully saturated rings. The topological polar surface area (TPSA) is 24.9 Å². The van der Waals surface area contributed by atoms with Gasteiger partial charge in [-0.2, -0.15) is 11.8 Å². The summed E-state index contributed by atoms with van der Waals surface area (Å²) in [4.78, 5) is 3.78. The van der Waals surface area contributed by atoms with Gasteiger partial charge in [0.15, 0.2) is 0 Å². The summed E-state index contributed by atoms with van der Waals surface area (Å²) in [5.74, 6) is 0.986. The van der Waals surface area contributed by atoms with Gasteiger partial charge in [0.05, 0.1) is 6.20 Å². The van der Waals surface area contributed by atoms with Crippen LogP contribution >= 0.6 is 11.8 Å². The van der Waals surface area contributed by atoms with Crippen molar-refractivity contribution >= 4 is 11.8 Å². The Morgan fingerprint density at radius 2 is 2.53 bits per heavy atom. The molecule has 0 radical (unpaired) electrons. The minimum Gasteiger partial charge on any atom is -0.312 e. The highest BCUT2D eigenvalue weighted by molar-refractivity contribution is 8.00. The molecule has 0 aliphatic carbocycles. The highest BCUT2D eigenvalue weighted by Crippen LogP contribution is 2.36. The van der Waals surface area contributed by atoms with E-state index in [1.165, 1.54) is 18.4 Å². The Bertz CT molecular complexity index is 326. The van der Waals surface area contributed by atoms with Gasteiger partial charge in [-0.05, 0) is 31.7 Å². The molecule has 2 heterocycles. The third-order valence-corrected chi connectivity index (χ3v) is 4.25. The van der Waals surface area contributed by atoms with E-state index in [9.17, 15) is 4.39 Å². The van der Waals surface area contributed by atoms with E-state index in [1.54, 1.807) is 12.3 Å². The number of nitrogens with one attached hydrogen (secondary N) is 1. The van der Waals surface area contributed by atoms with Crippen LogP contribution in [0.4, 0.5) is 4.39 Å². The smallest absolute Gasteiger partial charge is 0.146 e. The molecule has 0 aromatic carbocycles. The number of aromatic nitrogens is 1. The predicted octanol–water partition coefficient (Wildman–Crippen LogP) is 2.38. The fourth-order valence-corrected chi connectivity index (χ4v) is 3.49. The van der Waals surface area contributed by atoms with Crippen LogP contribution in [0.2, 0.25) is 0 Å². The summed E-state index contributed by atoms with van der Waals surface area (Å²) >= 11 is 1.93. The third-order valence-electron chi connectivity index (χ3n) is 2.79. The molecule has 1 aliphatic heterocycles. The molecule has 0 bridgehead atoms. The maximum absolute atomic E-state index is 13.6. The first-order valence-electron chi connectivity index (χ1n) is 5.21. The van der Waals surface area contributed by atoms with Crippen LogP contribution in [-0.4, -0.2) is 23.0 Å². The second kappa shape index (κ2) is 4.94. The van der Waals surface area contributed by atoms with Gasteiger partial charge in [0.1, 0.15) is 5.82 Å². The van der Waals surface area contributed by atoms with Gasteiger partial charge < -0.3 is 5.32 Å². The van der Waals surface area contributed by atoms with Gasteiger partial charge in [0, 0.05) is 23.1 Å². The molecule has 15 heavy (non-hydrogen) atoms. The molecule has 0 amide bonds. The van der Waals surface area contributed by atoms with Crippen molar-refractivity contribution < 1.29 is 4.39 Å². The molecule has 1 saturated heterocycles. The zero-order chi connectivity index (χ0) is 10.7. The lowest BCUT2D eigenvalue weighted by molar-refractivity contribution is 0.509. The number of pyridine rings is 1.